The summed E-state index contributed by atoms with van der Waals surface area (Å²) in [4.78, 5) is 18.0. The molecule has 9 heteroatoms. The van der Waals surface area contributed by atoms with E-state index in [0.29, 0.717) is 25.2 Å². The summed E-state index contributed by atoms with van der Waals surface area (Å²) in [6.07, 6.45) is 1.84. The van der Waals surface area contributed by atoms with Gasteiger partial charge in [0.2, 0.25) is 0 Å². The fourth-order valence-corrected chi connectivity index (χ4v) is 5.10. The Morgan fingerprint density at radius 3 is 2.56 bits per heavy atom. The summed E-state index contributed by atoms with van der Waals surface area (Å²) in [6, 6.07) is 18.6. The zero-order valence-corrected chi connectivity index (χ0v) is 19.5. The first kappa shape index (κ1) is 23.7. The third kappa shape index (κ3) is 5.53. The van der Waals surface area contributed by atoms with Crippen LogP contribution < -0.4 is 5.32 Å². The van der Waals surface area contributed by atoms with Gasteiger partial charge in [-0.3, -0.25) is 0 Å². The molecule has 1 saturated heterocycles. The van der Waals surface area contributed by atoms with Crippen LogP contribution in [0.15, 0.2) is 78.0 Å². The lowest BCUT2D eigenvalue weighted by molar-refractivity contribution is 0.119. The Morgan fingerprint density at radius 2 is 1.85 bits per heavy atom. The average Bonchev–Trinajstić information content (AvgIpc) is 2.85. The first-order valence-corrected chi connectivity index (χ1v) is 12.5. The van der Waals surface area contributed by atoms with Crippen molar-refractivity contribution in [1.82, 2.24) is 9.88 Å². The molecule has 34 heavy (non-hydrogen) atoms. The molecule has 2 aromatic carbocycles. The van der Waals surface area contributed by atoms with Crippen LogP contribution in [0.5, 0.6) is 0 Å². The zero-order valence-electron chi connectivity index (χ0n) is 18.7. The highest BCUT2D eigenvalue weighted by atomic mass is 32.2. The lowest BCUT2D eigenvalue weighted by atomic mass is 9.79. The normalized spacial score (nSPS) is 18.4. The number of halogens is 1. The van der Waals surface area contributed by atoms with E-state index in [0.717, 1.165) is 17.7 Å². The third-order valence-electron chi connectivity index (χ3n) is 6.05. The van der Waals surface area contributed by atoms with Crippen molar-refractivity contribution in [2.45, 2.75) is 30.7 Å². The van der Waals surface area contributed by atoms with Gasteiger partial charge in [0.1, 0.15) is 5.82 Å². The summed E-state index contributed by atoms with van der Waals surface area (Å²) >= 11 is 0. The minimum Gasteiger partial charge on any atom is -0.355 e. The SMILES string of the molecule is CCC1CN(C(=O)OS(=O)(=O)c2cc(Nc3ccccc3)ccn2)CCC1c1ccc(F)cc1. The molecule has 4 rings (SSSR count). The van der Waals surface area contributed by atoms with Crippen molar-refractivity contribution in [3.8, 4) is 0 Å². The van der Waals surface area contributed by atoms with Crippen molar-refractivity contribution in [3.05, 3.63) is 84.3 Å². The number of aromatic nitrogens is 1. The van der Waals surface area contributed by atoms with Crippen LogP contribution in [0.3, 0.4) is 0 Å². The Morgan fingerprint density at radius 1 is 1.12 bits per heavy atom. The molecule has 2 atom stereocenters. The summed E-state index contributed by atoms with van der Waals surface area (Å²) in [5, 5.41) is 2.74. The third-order valence-corrected chi connectivity index (χ3v) is 7.15. The van der Waals surface area contributed by atoms with Gasteiger partial charge in [0.05, 0.1) is 0 Å². The first-order valence-electron chi connectivity index (χ1n) is 11.1. The van der Waals surface area contributed by atoms with Crippen LogP contribution in [0, 0.1) is 11.7 Å². The van der Waals surface area contributed by atoms with Gasteiger partial charge in [0.25, 0.3) is 0 Å². The van der Waals surface area contributed by atoms with Crippen LogP contribution in [0.25, 0.3) is 0 Å². The number of hydrogen-bond acceptors (Lipinski definition) is 6. The molecule has 1 aliphatic heterocycles. The van der Waals surface area contributed by atoms with E-state index >= 15 is 0 Å². The molecule has 2 heterocycles. The Labute approximate surface area is 198 Å². The highest BCUT2D eigenvalue weighted by Gasteiger charge is 2.34. The maximum atomic E-state index is 13.3. The molecule has 178 valence electrons. The Bertz CT molecular complexity index is 1240. The molecule has 0 saturated carbocycles. The molecule has 0 radical (unpaired) electrons. The lowest BCUT2D eigenvalue weighted by Crippen LogP contribution is -2.43. The standard InChI is InChI=1S/C25H26FN3O4S/c1-2-18-17-29(15-13-23(18)19-8-10-20(26)11-9-19)25(30)33-34(31,32)24-16-22(12-14-27-24)28-21-6-4-3-5-7-21/h3-12,14,16,18,23H,2,13,15,17H2,1H3,(H,27,28). The Hall–Kier alpha value is -3.46. The molecule has 0 aliphatic carbocycles. The molecular weight excluding hydrogens is 457 g/mol. The molecule has 0 spiro atoms. The van der Waals surface area contributed by atoms with Gasteiger partial charge in [-0.1, -0.05) is 43.7 Å². The molecular formula is C25H26FN3O4S. The van der Waals surface area contributed by atoms with E-state index in [1.165, 1.54) is 29.3 Å². The Kier molecular flexibility index (Phi) is 7.12. The summed E-state index contributed by atoms with van der Waals surface area (Å²) in [5.74, 6) is -0.0284. The van der Waals surface area contributed by atoms with E-state index in [2.05, 4.69) is 10.3 Å². The predicted molar refractivity (Wildman–Crippen MR) is 127 cm³/mol. The molecule has 2 unspecified atom stereocenters. The van der Waals surface area contributed by atoms with Crippen LogP contribution >= 0.6 is 0 Å². The molecule has 0 bridgehead atoms. The molecule has 7 nitrogen and oxygen atoms in total. The number of piperidine rings is 1. The van der Waals surface area contributed by atoms with E-state index in [1.54, 1.807) is 18.2 Å². The van der Waals surface area contributed by atoms with E-state index in [1.807, 2.05) is 37.3 Å². The fourth-order valence-electron chi connectivity index (χ4n) is 4.26. The van der Waals surface area contributed by atoms with E-state index < -0.39 is 16.2 Å². The number of benzene rings is 2. The number of amides is 1. The van der Waals surface area contributed by atoms with Crippen molar-refractivity contribution in [2.75, 3.05) is 18.4 Å². The largest absolute Gasteiger partial charge is 0.425 e. The van der Waals surface area contributed by atoms with Crippen molar-refractivity contribution in [3.63, 3.8) is 0 Å². The van der Waals surface area contributed by atoms with Crippen LogP contribution in [0.2, 0.25) is 0 Å². The number of nitrogens with one attached hydrogen (secondary N) is 1. The summed E-state index contributed by atoms with van der Waals surface area (Å²) in [7, 11) is -4.40. The first-order chi connectivity index (χ1) is 16.4. The number of likely N-dealkylation sites (tertiary alicyclic amines) is 1. The molecule has 1 fully saturated rings. The van der Waals surface area contributed by atoms with Crippen LogP contribution in [0.1, 0.15) is 31.2 Å². The fraction of sp³-hybridized carbons (Fsp3) is 0.280. The lowest BCUT2D eigenvalue weighted by Gasteiger charge is -2.37. The van der Waals surface area contributed by atoms with Gasteiger partial charge in [0.15, 0.2) is 5.03 Å². The van der Waals surface area contributed by atoms with Crippen molar-refractivity contribution in [2.24, 2.45) is 5.92 Å². The number of para-hydroxylation sites is 1. The maximum absolute atomic E-state index is 13.3. The summed E-state index contributed by atoms with van der Waals surface area (Å²) in [6.45, 7) is 2.72. The smallest absolute Gasteiger partial charge is 0.355 e. The highest BCUT2D eigenvalue weighted by molar-refractivity contribution is 7.87. The van der Waals surface area contributed by atoms with Gasteiger partial charge in [-0.25, -0.2) is 14.2 Å². The number of anilines is 2. The van der Waals surface area contributed by atoms with Crippen LogP contribution in [0.4, 0.5) is 20.6 Å². The van der Waals surface area contributed by atoms with Crippen LogP contribution in [-0.4, -0.2) is 37.5 Å². The average molecular weight is 484 g/mol. The second-order valence-corrected chi connectivity index (χ2v) is 9.73. The molecule has 1 N–H and O–H groups in total. The van der Waals surface area contributed by atoms with Gasteiger partial charge in [0, 0.05) is 36.7 Å². The number of rotatable bonds is 6. The topological polar surface area (TPSA) is 88.6 Å². The minimum atomic E-state index is -4.40. The van der Waals surface area contributed by atoms with E-state index in [-0.39, 0.29) is 22.7 Å². The van der Waals surface area contributed by atoms with Gasteiger partial charge >= 0.3 is 16.2 Å². The number of pyridine rings is 1. The van der Waals surface area contributed by atoms with Gasteiger partial charge in [-0.2, -0.15) is 8.42 Å². The van der Waals surface area contributed by atoms with E-state index in [4.69, 9.17) is 4.18 Å². The zero-order chi connectivity index (χ0) is 24.1. The summed E-state index contributed by atoms with van der Waals surface area (Å²) in [5.41, 5.74) is 2.30. The maximum Gasteiger partial charge on any atom is 0.425 e. The molecule has 1 aromatic heterocycles. The van der Waals surface area contributed by atoms with E-state index in [9.17, 15) is 17.6 Å². The highest BCUT2D eigenvalue weighted by Crippen LogP contribution is 2.35. The quantitative estimate of drug-likeness (QED) is 0.479. The molecule has 1 amide bonds. The molecule has 1 aliphatic rings. The number of carbonyl (C=O) groups excluding carboxylic acids is 1. The number of nitrogens with zero attached hydrogens (tertiary/aromatic N) is 2. The number of hydrogen-bond donors (Lipinski definition) is 1. The van der Waals surface area contributed by atoms with Gasteiger partial charge in [-0.15, -0.1) is 0 Å². The molecule has 3 aromatic rings. The number of carbonyl (C=O) groups is 1. The van der Waals surface area contributed by atoms with Gasteiger partial charge in [-0.05, 0) is 54.2 Å². The Balaban J connectivity index is 1.43. The van der Waals surface area contributed by atoms with Crippen molar-refractivity contribution < 1.29 is 21.8 Å². The predicted octanol–water partition coefficient (Wildman–Crippen LogP) is 5.31. The van der Waals surface area contributed by atoms with Crippen molar-refractivity contribution in [1.29, 1.82) is 0 Å². The van der Waals surface area contributed by atoms with Crippen LogP contribution in [-0.2, 0) is 14.3 Å². The second kappa shape index (κ2) is 10.2. The van der Waals surface area contributed by atoms with Gasteiger partial charge < -0.3 is 14.4 Å². The summed E-state index contributed by atoms with van der Waals surface area (Å²) < 4.78 is 43.8. The van der Waals surface area contributed by atoms with Crippen molar-refractivity contribution >= 4 is 27.6 Å². The minimum absolute atomic E-state index is 0.103. The second-order valence-electron chi connectivity index (χ2n) is 8.24. The monoisotopic (exact) mass is 483 g/mol.